The monoisotopic (exact) mass is 539 g/mol. The third-order valence-corrected chi connectivity index (χ3v) is 7.52. The van der Waals surface area contributed by atoms with Gasteiger partial charge in [-0.3, -0.25) is 9.69 Å². The molecule has 2 aliphatic heterocycles. The van der Waals surface area contributed by atoms with Gasteiger partial charge in [-0.25, -0.2) is 9.59 Å². The Morgan fingerprint density at radius 1 is 1.10 bits per heavy atom. The van der Waals surface area contributed by atoms with Gasteiger partial charge in [0.15, 0.2) is 6.29 Å². The van der Waals surface area contributed by atoms with E-state index in [-0.39, 0.29) is 23.6 Å². The Morgan fingerprint density at radius 3 is 2.44 bits per heavy atom. The van der Waals surface area contributed by atoms with E-state index in [1.807, 2.05) is 46.9 Å². The number of carbonyl (C=O) groups excluding carboxylic acids is 2. The summed E-state index contributed by atoms with van der Waals surface area (Å²) < 4.78 is 11.9. The molecule has 1 aromatic heterocycles. The van der Waals surface area contributed by atoms with Crippen LogP contribution in [0, 0.1) is 13.8 Å². The summed E-state index contributed by atoms with van der Waals surface area (Å²) in [6, 6.07) is 8.05. The highest BCUT2D eigenvalue weighted by Gasteiger charge is 2.44. The lowest BCUT2D eigenvalue weighted by atomic mass is 10.1. The fourth-order valence-electron chi connectivity index (χ4n) is 5.80. The zero-order valence-corrected chi connectivity index (χ0v) is 24.3. The number of aromatic nitrogens is 1. The molecule has 0 saturated carbocycles. The first-order valence-corrected chi connectivity index (χ1v) is 13.4. The van der Waals surface area contributed by atoms with Gasteiger partial charge in [0.05, 0.1) is 12.8 Å². The summed E-state index contributed by atoms with van der Waals surface area (Å²) in [5.74, 6) is -0.545. The number of ether oxygens (including phenoxy) is 2. The molecule has 1 unspecified atom stereocenters. The maximum Gasteiger partial charge on any atom is 0.407 e. The highest BCUT2D eigenvalue weighted by molar-refractivity contribution is 5.94. The van der Waals surface area contributed by atoms with E-state index in [9.17, 15) is 14.4 Å². The van der Waals surface area contributed by atoms with E-state index >= 15 is 0 Å². The lowest BCUT2D eigenvalue weighted by Crippen LogP contribution is -2.60. The molecule has 10 nitrogen and oxygen atoms in total. The SMILES string of the molecule is COC(=O)c1c(C)c2c(c(=O)n1C)N(Cc1ccccc1C)C(N1CCC[C@@H](NC(=O)OC(C)(C)C)C1)N2C. The molecule has 3 heterocycles. The van der Waals surface area contributed by atoms with Gasteiger partial charge in [0.1, 0.15) is 17.0 Å². The Balaban J connectivity index is 1.75. The fraction of sp³-hybridized carbons (Fsp3) is 0.552. The van der Waals surface area contributed by atoms with E-state index in [4.69, 9.17) is 9.47 Å². The Bertz CT molecular complexity index is 1310. The molecule has 2 aliphatic rings. The van der Waals surface area contributed by atoms with E-state index in [1.165, 1.54) is 11.7 Å². The molecule has 2 aromatic rings. The number of hydrogen-bond acceptors (Lipinski definition) is 8. The molecule has 0 spiro atoms. The van der Waals surface area contributed by atoms with Crippen LogP contribution in [0.4, 0.5) is 16.2 Å². The number of methoxy groups -OCH3 is 1. The van der Waals surface area contributed by atoms with E-state index in [1.54, 1.807) is 7.05 Å². The number of benzene rings is 1. The predicted octanol–water partition coefficient (Wildman–Crippen LogP) is 3.52. The fourth-order valence-corrected chi connectivity index (χ4v) is 5.80. The number of esters is 1. The molecule has 1 aromatic carbocycles. The molecule has 4 rings (SSSR count). The standard InChI is InChI=1S/C29H41N5O5/c1-18-12-9-10-13-20(18)16-34-24-22(19(2)23(26(36)38-8)31(6)25(24)35)32(7)28(34)33-15-11-14-21(17-33)30-27(37)39-29(3,4)5/h9-10,12-13,21,28H,11,14-17H2,1-8H3,(H,30,37)/t21-,28?/m1/s1. The molecule has 39 heavy (non-hydrogen) atoms. The van der Waals surface area contributed by atoms with Gasteiger partial charge >= 0.3 is 12.1 Å². The molecule has 0 radical (unpaired) electrons. The van der Waals surface area contributed by atoms with Crippen LogP contribution in [0.15, 0.2) is 29.1 Å². The minimum Gasteiger partial charge on any atom is -0.464 e. The van der Waals surface area contributed by atoms with E-state index < -0.39 is 17.7 Å². The van der Waals surface area contributed by atoms with Crippen molar-refractivity contribution in [3.8, 4) is 0 Å². The Kier molecular flexibility index (Phi) is 7.97. The number of pyridine rings is 1. The molecule has 2 atom stereocenters. The zero-order chi connectivity index (χ0) is 28.6. The first-order chi connectivity index (χ1) is 18.3. The quantitative estimate of drug-likeness (QED) is 0.577. The molecule has 1 saturated heterocycles. The first-order valence-electron chi connectivity index (χ1n) is 13.4. The highest BCUT2D eigenvalue weighted by Crippen LogP contribution is 2.42. The molecule has 0 bridgehead atoms. The van der Waals surface area contributed by atoms with Crippen molar-refractivity contribution >= 4 is 23.4 Å². The molecular weight excluding hydrogens is 498 g/mol. The van der Waals surface area contributed by atoms with Crippen molar-refractivity contribution in [2.75, 3.05) is 37.0 Å². The zero-order valence-electron chi connectivity index (χ0n) is 24.3. The smallest absolute Gasteiger partial charge is 0.407 e. The van der Waals surface area contributed by atoms with Crippen LogP contribution in [-0.2, 0) is 23.1 Å². The van der Waals surface area contributed by atoms with Gasteiger partial charge in [-0.1, -0.05) is 24.3 Å². The van der Waals surface area contributed by atoms with Crippen LogP contribution in [0.2, 0.25) is 0 Å². The number of alkyl carbamates (subject to hydrolysis) is 1. The number of carbonyl (C=O) groups is 2. The van der Waals surface area contributed by atoms with Gasteiger partial charge < -0.3 is 29.2 Å². The Hall–Kier alpha value is -3.53. The summed E-state index contributed by atoms with van der Waals surface area (Å²) in [6.07, 6.45) is 0.997. The van der Waals surface area contributed by atoms with Crippen LogP contribution in [0.5, 0.6) is 0 Å². The normalized spacial score (nSPS) is 19.6. The lowest BCUT2D eigenvalue weighted by molar-refractivity contribution is 0.0454. The third-order valence-electron chi connectivity index (χ3n) is 7.52. The molecule has 1 amide bonds. The Morgan fingerprint density at radius 2 is 1.79 bits per heavy atom. The average molecular weight is 540 g/mol. The topological polar surface area (TPSA) is 96.3 Å². The minimum atomic E-state index is -0.578. The molecule has 212 valence electrons. The van der Waals surface area contributed by atoms with Crippen molar-refractivity contribution in [1.29, 1.82) is 0 Å². The van der Waals surface area contributed by atoms with Crippen LogP contribution in [0.3, 0.4) is 0 Å². The van der Waals surface area contributed by atoms with Gasteiger partial charge in [-0.05, 0) is 58.6 Å². The van der Waals surface area contributed by atoms with Crippen LogP contribution in [0.25, 0.3) is 0 Å². The number of hydrogen-bond donors (Lipinski definition) is 1. The summed E-state index contributed by atoms with van der Waals surface area (Å²) in [6.45, 7) is 11.4. The molecule has 0 aliphatic carbocycles. The van der Waals surface area contributed by atoms with Gasteiger partial charge in [0.2, 0.25) is 0 Å². The number of likely N-dealkylation sites (tertiary alicyclic amines) is 1. The van der Waals surface area contributed by atoms with Crippen LogP contribution in [-0.4, -0.2) is 66.7 Å². The maximum atomic E-state index is 13.9. The highest BCUT2D eigenvalue weighted by atomic mass is 16.6. The van der Waals surface area contributed by atoms with E-state index in [2.05, 4.69) is 39.1 Å². The van der Waals surface area contributed by atoms with E-state index in [0.29, 0.717) is 24.3 Å². The molecule has 1 N–H and O–H groups in total. The number of anilines is 2. The third kappa shape index (κ3) is 5.61. The van der Waals surface area contributed by atoms with Crippen molar-refractivity contribution in [2.45, 2.75) is 71.9 Å². The van der Waals surface area contributed by atoms with Crippen LogP contribution < -0.4 is 20.7 Å². The van der Waals surface area contributed by atoms with Gasteiger partial charge in [0, 0.05) is 45.3 Å². The minimum absolute atomic E-state index is 0.0967. The van der Waals surface area contributed by atoms with Crippen molar-refractivity contribution in [3.63, 3.8) is 0 Å². The number of piperidine rings is 1. The van der Waals surface area contributed by atoms with Gasteiger partial charge in [-0.2, -0.15) is 0 Å². The van der Waals surface area contributed by atoms with Crippen molar-refractivity contribution in [3.05, 3.63) is 57.0 Å². The number of fused-ring (bicyclic) bond motifs is 1. The first kappa shape index (κ1) is 28.5. The summed E-state index contributed by atoms with van der Waals surface area (Å²) in [5, 5.41) is 3.04. The number of aryl methyl sites for hydroxylation is 1. The number of rotatable bonds is 5. The van der Waals surface area contributed by atoms with Crippen molar-refractivity contribution < 1.29 is 19.1 Å². The summed E-state index contributed by atoms with van der Waals surface area (Å²) >= 11 is 0. The summed E-state index contributed by atoms with van der Waals surface area (Å²) in [7, 11) is 4.89. The second-order valence-electron chi connectivity index (χ2n) is 11.5. The van der Waals surface area contributed by atoms with Gasteiger partial charge in [0.25, 0.3) is 5.56 Å². The number of nitrogens with one attached hydrogen (secondary N) is 1. The second-order valence-corrected chi connectivity index (χ2v) is 11.5. The second kappa shape index (κ2) is 10.9. The number of nitrogens with zero attached hydrogens (tertiary/aromatic N) is 4. The molecule has 10 heteroatoms. The molecule has 1 fully saturated rings. The maximum absolute atomic E-state index is 13.9. The largest absolute Gasteiger partial charge is 0.464 e. The number of amides is 1. The summed E-state index contributed by atoms with van der Waals surface area (Å²) in [4.78, 5) is 45.6. The van der Waals surface area contributed by atoms with E-state index in [0.717, 1.165) is 36.2 Å². The van der Waals surface area contributed by atoms with Crippen molar-refractivity contribution in [1.82, 2.24) is 14.8 Å². The lowest BCUT2D eigenvalue weighted by Gasteiger charge is -2.43. The van der Waals surface area contributed by atoms with Crippen molar-refractivity contribution in [2.24, 2.45) is 7.05 Å². The van der Waals surface area contributed by atoms with Gasteiger partial charge in [-0.15, -0.1) is 0 Å². The van der Waals surface area contributed by atoms with Crippen LogP contribution >= 0.6 is 0 Å². The van der Waals surface area contributed by atoms with Crippen LogP contribution in [0.1, 0.15) is 60.8 Å². The molecular formula is C29H41N5O5. The average Bonchev–Trinajstić information content (AvgIpc) is 3.14. The summed E-state index contributed by atoms with van der Waals surface area (Å²) in [5.41, 5.74) is 3.63. The Labute approximate surface area is 230 Å². The predicted molar refractivity (Wildman–Crippen MR) is 151 cm³/mol.